The molecule has 1 aromatic heterocycles. The van der Waals surface area contributed by atoms with Gasteiger partial charge in [0, 0.05) is 44.6 Å². The topological polar surface area (TPSA) is 58.4 Å². The highest BCUT2D eigenvalue weighted by Crippen LogP contribution is 2.30. The van der Waals surface area contributed by atoms with E-state index in [4.69, 9.17) is 0 Å². The van der Waals surface area contributed by atoms with Gasteiger partial charge in [0.15, 0.2) is 0 Å². The van der Waals surface area contributed by atoms with E-state index in [2.05, 4.69) is 9.88 Å². The van der Waals surface area contributed by atoms with Gasteiger partial charge < -0.3 is 14.6 Å². The van der Waals surface area contributed by atoms with Crippen LogP contribution in [0, 0.1) is 0 Å². The number of nitrogens with zero attached hydrogens (tertiary/aromatic N) is 3. The van der Waals surface area contributed by atoms with Crippen LogP contribution in [-0.2, 0) is 19.9 Å². The van der Waals surface area contributed by atoms with Crippen molar-refractivity contribution in [3.63, 3.8) is 0 Å². The SMILES string of the molecule is Cn1ccnc1CCN1CCCc2c(C(=O)O)cccc21. The number of carbonyl (C=O) groups is 1. The monoisotopic (exact) mass is 285 g/mol. The molecule has 0 amide bonds. The molecule has 5 nitrogen and oxygen atoms in total. The molecule has 0 spiro atoms. The van der Waals surface area contributed by atoms with E-state index in [1.54, 1.807) is 6.07 Å². The zero-order valence-electron chi connectivity index (χ0n) is 12.1. The Hall–Kier alpha value is -2.30. The van der Waals surface area contributed by atoms with Crippen LogP contribution < -0.4 is 4.90 Å². The van der Waals surface area contributed by atoms with Crippen LogP contribution in [0.2, 0.25) is 0 Å². The predicted molar refractivity (Wildman–Crippen MR) is 80.8 cm³/mol. The molecular formula is C16H19N3O2. The number of benzene rings is 1. The van der Waals surface area contributed by atoms with Crippen molar-refractivity contribution in [1.29, 1.82) is 0 Å². The third-order valence-corrected chi connectivity index (χ3v) is 4.10. The third-order valence-electron chi connectivity index (χ3n) is 4.10. The molecule has 3 rings (SSSR count). The maximum Gasteiger partial charge on any atom is 0.336 e. The van der Waals surface area contributed by atoms with Gasteiger partial charge in [0.1, 0.15) is 5.82 Å². The van der Waals surface area contributed by atoms with E-state index >= 15 is 0 Å². The summed E-state index contributed by atoms with van der Waals surface area (Å²) in [6.45, 7) is 1.83. The molecular weight excluding hydrogens is 266 g/mol. The lowest BCUT2D eigenvalue weighted by Gasteiger charge is -2.32. The molecule has 0 unspecified atom stereocenters. The van der Waals surface area contributed by atoms with Crippen LogP contribution in [0.5, 0.6) is 0 Å². The van der Waals surface area contributed by atoms with Crippen LogP contribution in [0.3, 0.4) is 0 Å². The van der Waals surface area contributed by atoms with E-state index in [0.717, 1.165) is 49.4 Å². The number of aromatic carboxylic acids is 1. The van der Waals surface area contributed by atoms with Crippen molar-refractivity contribution in [3.05, 3.63) is 47.5 Å². The molecule has 0 fully saturated rings. The lowest BCUT2D eigenvalue weighted by Crippen LogP contribution is -2.32. The van der Waals surface area contributed by atoms with Gasteiger partial charge in [0.2, 0.25) is 0 Å². The molecule has 0 bridgehead atoms. The Morgan fingerprint density at radius 3 is 3.00 bits per heavy atom. The van der Waals surface area contributed by atoms with Crippen LogP contribution in [0.25, 0.3) is 0 Å². The van der Waals surface area contributed by atoms with Crippen molar-refractivity contribution < 1.29 is 9.90 Å². The standard InChI is InChI=1S/C16H19N3O2/c1-18-11-8-17-15(18)7-10-19-9-3-5-12-13(16(20)21)4-2-6-14(12)19/h2,4,6,8,11H,3,5,7,9-10H2,1H3,(H,20,21). The molecule has 1 aliphatic heterocycles. The summed E-state index contributed by atoms with van der Waals surface area (Å²) in [4.78, 5) is 18.0. The molecule has 1 aromatic carbocycles. The van der Waals surface area contributed by atoms with Crippen molar-refractivity contribution in [2.45, 2.75) is 19.3 Å². The third kappa shape index (κ3) is 2.63. The van der Waals surface area contributed by atoms with Gasteiger partial charge in [0.25, 0.3) is 0 Å². The predicted octanol–water partition coefficient (Wildman–Crippen LogP) is 2.11. The summed E-state index contributed by atoms with van der Waals surface area (Å²) in [7, 11) is 2.00. The summed E-state index contributed by atoms with van der Waals surface area (Å²) >= 11 is 0. The molecule has 0 radical (unpaired) electrons. The van der Waals surface area contributed by atoms with Gasteiger partial charge in [-0.1, -0.05) is 6.07 Å². The molecule has 0 saturated carbocycles. The maximum absolute atomic E-state index is 11.3. The van der Waals surface area contributed by atoms with E-state index < -0.39 is 5.97 Å². The van der Waals surface area contributed by atoms with Gasteiger partial charge in [-0.05, 0) is 30.5 Å². The maximum atomic E-state index is 11.3. The fourth-order valence-corrected chi connectivity index (χ4v) is 3.01. The second-order valence-corrected chi connectivity index (χ2v) is 5.40. The van der Waals surface area contributed by atoms with Gasteiger partial charge in [0.05, 0.1) is 5.56 Å². The van der Waals surface area contributed by atoms with Crippen LogP contribution in [-0.4, -0.2) is 33.7 Å². The fourth-order valence-electron chi connectivity index (χ4n) is 3.01. The number of anilines is 1. The quantitative estimate of drug-likeness (QED) is 0.934. The van der Waals surface area contributed by atoms with E-state index in [-0.39, 0.29) is 0 Å². The minimum atomic E-state index is -0.835. The molecule has 2 heterocycles. The zero-order chi connectivity index (χ0) is 14.8. The lowest BCUT2D eigenvalue weighted by molar-refractivity contribution is 0.0695. The van der Waals surface area contributed by atoms with Crippen molar-refractivity contribution in [2.75, 3.05) is 18.0 Å². The Balaban J connectivity index is 1.82. The fraction of sp³-hybridized carbons (Fsp3) is 0.375. The first-order valence-electron chi connectivity index (χ1n) is 7.23. The van der Waals surface area contributed by atoms with Gasteiger partial charge in [-0.15, -0.1) is 0 Å². The van der Waals surface area contributed by atoms with E-state index in [1.807, 2.05) is 36.1 Å². The second kappa shape index (κ2) is 5.60. The summed E-state index contributed by atoms with van der Waals surface area (Å²) in [5.74, 6) is 0.217. The molecule has 0 atom stereocenters. The molecule has 5 heteroatoms. The first kappa shape index (κ1) is 13.7. The number of rotatable bonds is 4. The van der Waals surface area contributed by atoms with E-state index in [9.17, 15) is 9.90 Å². The number of aromatic nitrogens is 2. The Morgan fingerprint density at radius 1 is 1.43 bits per heavy atom. The number of hydrogen-bond donors (Lipinski definition) is 1. The van der Waals surface area contributed by atoms with Crippen LogP contribution in [0.1, 0.15) is 28.2 Å². The highest BCUT2D eigenvalue weighted by Gasteiger charge is 2.21. The first-order chi connectivity index (χ1) is 10.2. The molecule has 21 heavy (non-hydrogen) atoms. The normalized spacial score (nSPS) is 14.0. The average molecular weight is 285 g/mol. The van der Waals surface area contributed by atoms with Gasteiger partial charge in [-0.3, -0.25) is 0 Å². The summed E-state index contributed by atoms with van der Waals surface area (Å²) in [5, 5.41) is 9.31. The number of imidazole rings is 1. The number of fused-ring (bicyclic) bond motifs is 1. The average Bonchev–Trinajstić information content (AvgIpc) is 2.89. The summed E-state index contributed by atoms with van der Waals surface area (Å²) in [6, 6.07) is 5.56. The molecule has 1 aliphatic rings. The van der Waals surface area contributed by atoms with E-state index in [0.29, 0.717) is 5.56 Å². The van der Waals surface area contributed by atoms with Crippen molar-refractivity contribution >= 4 is 11.7 Å². The highest BCUT2D eigenvalue weighted by molar-refractivity contribution is 5.91. The van der Waals surface area contributed by atoms with Crippen LogP contribution in [0.4, 0.5) is 5.69 Å². The molecule has 2 aromatic rings. The van der Waals surface area contributed by atoms with Crippen LogP contribution in [0.15, 0.2) is 30.6 Å². The van der Waals surface area contributed by atoms with Crippen molar-refractivity contribution in [1.82, 2.24) is 9.55 Å². The van der Waals surface area contributed by atoms with Crippen molar-refractivity contribution in [2.24, 2.45) is 7.05 Å². The second-order valence-electron chi connectivity index (χ2n) is 5.40. The Labute approximate surface area is 123 Å². The highest BCUT2D eigenvalue weighted by atomic mass is 16.4. The van der Waals surface area contributed by atoms with Gasteiger partial charge in [-0.2, -0.15) is 0 Å². The molecule has 1 N–H and O–H groups in total. The Bertz CT molecular complexity index is 663. The number of carboxylic acid groups (broad SMARTS) is 1. The smallest absolute Gasteiger partial charge is 0.336 e. The van der Waals surface area contributed by atoms with Crippen LogP contribution >= 0.6 is 0 Å². The summed E-state index contributed by atoms with van der Waals surface area (Å²) < 4.78 is 2.03. The minimum Gasteiger partial charge on any atom is -0.478 e. The number of carboxylic acids is 1. The Morgan fingerprint density at radius 2 is 2.29 bits per heavy atom. The lowest BCUT2D eigenvalue weighted by atomic mass is 9.96. The van der Waals surface area contributed by atoms with Gasteiger partial charge in [-0.25, -0.2) is 9.78 Å². The number of aryl methyl sites for hydroxylation is 1. The molecule has 0 aliphatic carbocycles. The summed E-state index contributed by atoms with van der Waals surface area (Å²) in [5.41, 5.74) is 2.47. The van der Waals surface area contributed by atoms with Gasteiger partial charge >= 0.3 is 5.97 Å². The summed E-state index contributed by atoms with van der Waals surface area (Å²) in [6.07, 6.45) is 6.46. The number of hydrogen-bond acceptors (Lipinski definition) is 3. The Kier molecular flexibility index (Phi) is 3.64. The van der Waals surface area contributed by atoms with E-state index in [1.165, 1.54) is 0 Å². The zero-order valence-corrected chi connectivity index (χ0v) is 12.1. The van der Waals surface area contributed by atoms with Crippen molar-refractivity contribution in [3.8, 4) is 0 Å². The first-order valence-corrected chi connectivity index (χ1v) is 7.23. The largest absolute Gasteiger partial charge is 0.478 e. The minimum absolute atomic E-state index is 0.439. The molecule has 110 valence electrons. The molecule has 0 saturated heterocycles.